The van der Waals surface area contributed by atoms with E-state index in [4.69, 9.17) is 4.74 Å². The van der Waals surface area contributed by atoms with Gasteiger partial charge in [0, 0.05) is 25.2 Å². The molecule has 1 aliphatic rings. The number of amides is 1. The third-order valence-electron chi connectivity index (χ3n) is 4.29. The van der Waals surface area contributed by atoms with Gasteiger partial charge in [-0.15, -0.1) is 0 Å². The van der Waals surface area contributed by atoms with Gasteiger partial charge >= 0.3 is 0 Å². The van der Waals surface area contributed by atoms with E-state index in [1.54, 1.807) is 23.5 Å². The second kappa shape index (κ2) is 6.58. The molecule has 22 heavy (non-hydrogen) atoms. The molecule has 1 amide bonds. The van der Waals surface area contributed by atoms with E-state index in [1.165, 1.54) is 17.7 Å². The van der Waals surface area contributed by atoms with Crippen molar-refractivity contribution in [3.05, 3.63) is 58.0 Å². The van der Waals surface area contributed by atoms with Gasteiger partial charge in [0.05, 0.1) is 5.56 Å². The lowest BCUT2D eigenvalue weighted by atomic mass is 9.75. The number of thiophene rings is 1. The van der Waals surface area contributed by atoms with Crippen LogP contribution in [0.3, 0.4) is 0 Å². The number of rotatable bonds is 4. The summed E-state index contributed by atoms with van der Waals surface area (Å²) < 4.78 is 19.2. The van der Waals surface area contributed by atoms with E-state index in [2.05, 4.69) is 16.8 Å². The molecule has 2 heterocycles. The van der Waals surface area contributed by atoms with Crippen LogP contribution < -0.4 is 5.32 Å². The molecule has 0 atom stereocenters. The summed E-state index contributed by atoms with van der Waals surface area (Å²) in [5, 5.41) is 7.08. The Kier molecular flexibility index (Phi) is 4.55. The zero-order chi connectivity index (χ0) is 15.4. The summed E-state index contributed by atoms with van der Waals surface area (Å²) in [5.74, 6) is -0.851. The zero-order valence-corrected chi connectivity index (χ0v) is 13.0. The fourth-order valence-corrected chi connectivity index (χ4v) is 3.66. The summed E-state index contributed by atoms with van der Waals surface area (Å²) in [6.45, 7) is 1.87. The molecule has 3 nitrogen and oxygen atoms in total. The highest BCUT2D eigenvalue weighted by Crippen LogP contribution is 2.35. The van der Waals surface area contributed by atoms with Crippen LogP contribution in [0.25, 0.3) is 0 Å². The number of halogens is 1. The van der Waals surface area contributed by atoms with Crippen molar-refractivity contribution in [2.75, 3.05) is 19.8 Å². The molecule has 1 fully saturated rings. The predicted octanol–water partition coefficient (Wildman–Crippen LogP) is 3.37. The van der Waals surface area contributed by atoms with Crippen LogP contribution in [0.1, 0.15) is 28.8 Å². The Balaban J connectivity index is 1.75. The van der Waals surface area contributed by atoms with E-state index in [0.29, 0.717) is 19.8 Å². The number of benzene rings is 1. The minimum absolute atomic E-state index is 0.0926. The lowest BCUT2D eigenvalue weighted by Gasteiger charge is -2.37. The smallest absolute Gasteiger partial charge is 0.254 e. The van der Waals surface area contributed by atoms with E-state index in [9.17, 15) is 9.18 Å². The molecule has 1 saturated heterocycles. The van der Waals surface area contributed by atoms with Crippen molar-refractivity contribution < 1.29 is 13.9 Å². The van der Waals surface area contributed by atoms with Crippen molar-refractivity contribution >= 4 is 17.2 Å². The van der Waals surface area contributed by atoms with Gasteiger partial charge in [-0.2, -0.15) is 11.3 Å². The average Bonchev–Trinajstić information content (AvgIpc) is 3.09. The molecule has 0 bridgehead atoms. The molecule has 0 saturated carbocycles. The first-order valence-electron chi connectivity index (χ1n) is 7.34. The molecule has 5 heteroatoms. The van der Waals surface area contributed by atoms with Crippen LogP contribution in [-0.4, -0.2) is 25.7 Å². The van der Waals surface area contributed by atoms with Crippen molar-refractivity contribution in [2.45, 2.75) is 18.3 Å². The first-order chi connectivity index (χ1) is 10.7. The first-order valence-corrected chi connectivity index (χ1v) is 8.29. The largest absolute Gasteiger partial charge is 0.381 e. The molecule has 1 aromatic heterocycles. The normalized spacial score (nSPS) is 17.1. The Morgan fingerprint density at radius 2 is 2.05 bits per heavy atom. The van der Waals surface area contributed by atoms with Crippen LogP contribution in [-0.2, 0) is 10.2 Å². The van der Waals surface area contributed by atoms with E-state index in [-0.39, 0.29) is 16.9 Å². The van der Waals surface area contributed by atoms with E-state index < -0.39 is 5.82 Å². The molecular weight excluding hydrogens is 301 g/mol. The first kappa shape index (κ1) is 15.2. The lowest BCUT2D eigenvalue weighted by molar-refractivity contribution is 0.0488. The van der Waals surface area contributed by atoms with Gasteiger partial charge in [0.15, 0.2) is 0 Å². The molecule has 3 rings (SSSR count). The van der Waals surface area contributed by atoms with Crippen LogP contribution >= 0.6 is 11.3 Å². The fourth-order valence-electron chi connectivity index (χ4n) is 2.89. The molecule has 0 spiro atoms. The molecule has 0 radical (unpaired) electrons. The van der Waals surface area contributed by atoms with Crippen LogP contribution in [0.5, 0.6) is 0 Å². The minimum atomic E-state index is -0.489. The SMILES string of the molecule is O=C(NCC1(c2ccsc2)CCOCC1)c1ccccc1F. The Morgan fingerprint density at radius 3 is 2.73 bits per heavy atom. The van der Waals surface area contributed by atoms with Gasteiger partial charge in [-0.25, -0.2) is 4.39 Å². The number of ether oxygens (including phenoxy) is 1. The average molecular weight is 319 g/mol. The Morgan fingerprint density at radius 1 is 1.27 bits per heavy atom. The molecule has 116 valence electrons. The van der Waals surface area contributed by atoms with Crippen molar-refractivity contribution in [1.82, 2.24) is 5.32 Å². The van der Waals surface area contributed by atoms with E-state index in [0.717, 1.165) is 12.8 Å². The van der Waals surface area contributed by atoms with Gasteiger partial charge in [-0.05, 0) is 47.4 Å². The predicted molar refractivity (Wildman–Crippen MR) is 84.8 cm³/mol. The van der Waals surface area contributed by atoms with Crippen molar-refractivity contribution in [3.8, 4) is 0 Å². The monoisotopic (exact) mass is 319 g/mol. The van der Waals surface area contributed by atoms with Crippen molar-refractivity contribution in [1.29, 1.82) is 0 Å². The maximum Gasteiger partial charge on any atom is 0.254 e. The van der Waals surface area contributed by atoms with Gasteiger partial charge in [0.25, 0.3) is 5.91 Å². The highest BCUT2D eigenvalue weighted by Gasteiger charge is 2.35. The third kappa shape index (κ3) is 3.05. The minimum Gasteiger partial charge on any atom is -0.381 e. The van der Waals surface area contributed by atoms with Crippen LogP contribution in [0.2, 0.25) is 0 Å². The molecular formula is C17H18FNO2S. The molecule has 0 aliphatic carbocycles. The van der Waals surface area contributed by atoms with Gasteiger partial charge in [0.1, 0.15) is 5.82 Å². The molecule has 0 unspecified atom stereocenters. The van der Waals surface area contributed by atoms with Crippen LogP contribution in [0, 0.1) is 5.82 Å². The maximum absolute atomic E-state index is 13.7. The quantitative estimate of drug-likeness (QED) is 0.938. The number of hydrogen-bond donors (Lipinski definition) is 1. The molecule has 1 aliphatic heterocycles. The third-order valence-corrected chi connectivity index (χ3v) is 4.97. The summed E-state index contributed by atoms with van der Waals surface area (Å²) in [6.07, 6.45) is 1.72. The van der Waals surface area contributed by atoms with E-state index >= 15 is 0 Å². The van der Waals surface area contributed by atoms with Crippen LogP contribution in [0.15, 0.2) is 41.1 Å². The summed E-state index contributed by atoms with van der Waals surface area (Å²) in [4.78, 5) is 12.2. The molecule has 1 N–H and O–H groups in total. The van der Waals surface area contributed by atoms with Crippen molar-refractivity contribution in [2.24, 2.45) is 0 Å². The molecule has 2 aromatic rings. The van der Waals surface area contributed by atoms with Crippen molar-refractivity contribution in [3.63, 3.8) is 0 Å². The van der Waals surface area contributed by atoms with Gasteiger partial charge in [-0.1, -0.05) is 12.1 Å². The van der Waals surface area contributed by atoms with Gasteiger partial charge in [-0.3, -0.25) is 4.79 Å². The summed E-state index contributed by atoms with van der Waals surface area (Å²) >= 11 is 1.65. The Bertz CT molecular complexity index is 636. The fraction of sp³-hybridized carbons (Fsp3) is 0.353. The lowest BCUT2D eigenvalue weighted by Crippen LogP contribution is -2.44. The maximum atomic E-state index is 13.7. The summed E-state index contributed by atoms with van der Waals surface area (Å²) in [6, 6.07) is 8.16. The van der Waals surface area contributed by atoms with Gasteiger partial charge in [0.2, 0.25) is 0 Å². The summed E-state index contributed by atoms with van der Waals surface area (Å²) in [5.41, 5.74) is 1.21. The standard InChI is InChI=1S/C17H18FNO2S/c18-15-4-2-1-3-14(15)16(20)19-12-17(6-8-21-9-7-17)13-5-10-22-11-13/h1-5,10-11H,6-9,12H2,(H,19,20). The number of hydrogen-bond acceptors (Lipinski definition) is 3. The Labute approximate surface area is 133 Å². The highest BCUT2D eigenvalue weighted by atomic mass is 32.1. The number of carbonyl (C=O) groups excluding carboxylic acids is 1. The molecule has 1 aromatic carbocycles. The number of carbonyl (C=O) groups is 1. The topological polar surface area (TPSA) is 38.3 Å². The second-order valence-corrected chi connectivity index (χ2v) is 6.35. The van der Waals surface area contributed by atoms with E-state index in [1.807, 2.05) is 5.38 Å². The zero-order valence-electron chi connectivity index (χ0n) is 12.2. The highest BCUT2D eigenvalue weighted by molar-refractivity contribution is 7.08. The number of nitrogens with one attached hydrogen (secondary N) is 1. The second-order valence-electron chi connectivity index (χ2n) is 5.57. The Hall–Kier alpha value is -1.72. The van der Waals surface area contributed by atoms with Gasteiger partial charge < -0.3 is 10.1 Å². The van der Waals surface area contributed by atoms with Crippen LogP contribution in [0.4, 0.5) is 4.39 Å². The summed E-state index contributed by atoms with van der Waals surface area (Å²) in [7, 11) is 0.